The van der Waals surface area contributed by atoms with E-state index < -0.39 is 23.2 Å². The Morgan fingerprint density at radius 3 is 2.54 bits per heavy atom. The number of carbonyl (C=O) groups excluding carboxylic acids is 2. The van der Waals surface area contributed by atoms with Gasteiger partial charge in [0.1, 0.15) is 11.9 Å². The predicted octanol–water partition coefficient (Wildman–Crippen LogP) is 7.93. The van der Waals surface area contributed by atoms with Crippen LogP contribution in [0.4, 0.5) is 23.7 Å². The second-order valence-corrected chi connectivity index (χ2v) is 15.3. The second-order valence-electron chi connectivity index (χ2n) is 15.3. The van der Waals surface area contributed by atoms with Gasteiger partial charge in [0, 0.05) is 54.3 Å². The summed E-state index contributed by atoms with van der Waals surface area (Å²) in [6.07, 6.45) is 1.64. The van der Waals surface area contributed by atoms with Crippen molar-refractivity contribution in [3.63, 3.8) is 0 Å². The summed E-state index contributed by atoms with van der Waals surface area (Å²) in [7, 11) is 0. The lowest BCUT2D eigenvalue weighted by Gasteiger charge is -2.33. The van der Waals surface area contributed by atoms with Crippen molar-refractivity contribution in [3.8, 4) is 0 Å². The normalized spacial score (nSPS) is 22.4. The Hall–Kier alpha value is -3.86. The zero-order valence-electron chi connectivity index (χ0n) is 28.0. The lowest BCUT2D eigenvalue weighted by molar-refractivity contribution is -0.138. The van der Waals surface area contributed by atoms with E-state index in [0.29, 0.717) is 49.9 Å². The van der Waals surface area contributed by atoms with Gasteiger partial charge in [-0.2, -0.15) is 13.2 Å². The monoisotopic (exact) mass is 664 g/mol. The standard InChI is InChI=1S/C37H43F3N4O4/c1-23-20-47-41-32(23)31(25-7-5-8-25)26-9-6-10-27(17-26)44-19-29-28(33(44)45)15-24(16-30(29)37(38,39)40)18-42-13-11-36(21-42)12-14-43(22-36)34(46)48-35(2,3)4/h6,9-10,15-17,20,25,31H,5,7-8,11-14,18-19,21-22H2,1-4H3/t31?,36-/m0/s1. The van der Waals surface area contributed by atoms with Crippen molar-refractivity contribution >= 4 is 17.7 Å². The Morgan fingerprint density at radius 2 is 1.88 bits per heavy atom. The summed E-state index contributed by atoms with van der Waals surface area (Å²) in [6.45, 7) is 10.2. The molecule has 1 unspecified atom stereocenters. The number of ether oxygens (including phenoxy) is 1. The van der Waals surface area contributed by atoms with E-state index >= 15 is 0 Å². The van der Waals surface area contributed by atoms with Gasteiger partial charge in [0.25, 0.3) is 5.91 Å². The summed E-state index contributed by atoms with van der Waals surface area (Å²) in [5, 5.41) is 4.30. The first-order valence-corrected chi connectivity index (χ1v) is 17.0. The Bertz CT molecular complexity index is 1730. The Morgan fingerprint density at radius 1 is 1.10 bits per heavy atom. The molecule has 2 aromatic carbocycles. The van der Waals surface area contributed by atoms with Gasteiger partial charge in [-0.15, -0.1) is 0 Å². The molecule has 8 nitrogen and oxygen atoms in total. The average molecular weight is 665 g/mol. The highest BCUT2D eigenvalue weighted by Gasteiger charge is 2.46. The van der Waals surface area contributed by atoms with Gasteiger partial charge in [-0.3, -0.25) is 9.69 Å². The van der Waals surface area contributed by atoms with Crippen LogP contribution in [0.3, 0.4) is 0 Å². The highest BCUT2D eigenvalue weighted by Crippen LogP contribution is 2.46. The molecule has 0 radical (unpaired) electrons. The van der Waals surface area contributed by atoms with Crippen LogP contribution in [0.25, 0.3) is 0 Å². The van der Waals surface area contributed by atoms with E-state index in [1.807, 2.05) is 45.9 Å². The second kappa shape index (κ2) is 11.9. The number of halogens is 3. The third-order valence-electron chi connectivity index (χ3n) is 10.7. The van der Waals surface area contributed by atoms with Crippen molar-refractivity contribution in [2.75, 3.05) is 31.1 Å². The van der Waals surface area contributed by atoms with Crippen molar-refractivity contribution < 1.29 is 32.0 Å². The molecule has 48 heavy (non-hydrogen) atoms. The maximum atomic E-state index is 14.6. The van der Waals surface area contributed by atoms with Crippen molar-refractivity contribution in [1.29, 1.82) is 0 Å². The molecule has 2 atom stereocenters. The summed E-state index contributed by atoms with van der Waals surface area (Å²) in [5.41, 5.74) is 2.54. The number of aromatic nitrogens is 1. The van der Waals surface area contributed by atoms with Crippen molar-refractivity contribution in [2.24, 2.45) is 11.3 Å². The molecular formula is C37H43F3N4O4. The molecule has 1 spiro atoms. The van der Waals surface area contributed by atoms with E-state index in [-0.39, 0.29) is 35.1 Å². The number of rotatable bonds is 6. The molecule has 4 aliphatic rings. The van der Waals surface area contributed by atoms with Crippen LogP contribution in [0, 0.1) is 18.3 Å². The molecule has 7 rings (SSSR count). The van der Waals surface area contributed by atoms with Crippen LogP contribution in [0.5, 0.6) is 0 Å². The maximum Gasteiger partial charge on any atom is 0.416 e. The molecule has 1 aromatic heterocycles. The number of likely N-dealkylation sites (tertiary alicyclic amines) is 2. The first-order valence-electron chi connectivity index (χ1n) is 17.0. The van der Waals surface area contributed by atoms with E-state index in [1.54, 1.807) is 23.3 Å². The third kappa shape index (κ3) is 6.21. The quantitative estimate of drug-likeness (QED) is 0.266. The molecule has 3 aliphatic heterocycles. The fraction of sp³-hybridized carbons (Fsp3) is 0.541. The minimum absolute atomic E-state index is 0.00490. The van der Waals surface area contributed by atoms with Crippen LogP contribution >= 0.6 is 0 Å². The minimum atomic E-state index is -4.61. The molecule has 3 fully saturated rings. The number of hydrogen-bond donors (Lipinski definition) is 0. The van der Waals surface area contributed by atoms with Gasteiger partial charge in [-0.25, -0.2) is 4.79 Å². The number of aryl methyl sites for hydroxylation is 1. The number of amides is 2. The smallest absolute Gasteiger partial charge is 0.416 e. The van der Waals surface area contributed by atoms with Crippen LogP contribution in [-0.4, -0.2) is 58.7 Å². The molecule has 11 heteroatoms. The zero-order valence-corrected chi connectivity index (χ0v) is 28.0. The Kier molecular flexibility index (Phi) is 8.12. The Labute approximate surface area is 279 Å². The molecule has 2 saturated heterocycles. The fourth-order valence-electron chi connectivity index (χ4n) is 8.10. The molecule has 256 valence electrons. The number of fused-ring (bicyclic) bond motifs is 1. The summed E-state index contributed by atoms with van der Waals surface area (Å²) >= 11 is 0. The third-order valence-corrected chi connectivity index (χ3v) is 10.7. The summed E-state index contributed by atoms with van der Waals surface area (Å²) < 4.78 is 54.5. The van der Waals surface area contributed by atoms with Crippen molar-refractivity contribution in [2.45, 2.75) is 90.6 Å². The highest BCUT2D eigenvalue weighted by atomic mass is 19.4. The number of alkyl halides is 3. The van der Waals surface area contributed by atoms with E-state index in [9.17, 15) is 22.8 Å². The zero-order chi connectivity index (χ0) is 34.0. The average Bonchev–Trinajstić information content (AvgIpc) is 3.77. The number of hydrogen-bond acceptors (Lipinski definition) is 6. The lowest BCUT2D eigenvalue weighted by Crippen LogP contribution is -2.37. The molecule has 4 heterocycles. The summed E-state index contributed by atoms with van der Waals surface area (Å²) in [5.74, 6) is -0.0343. The van der Waals surface area contributed by atoms with Crippen molar-refractivity contribution in [1.82, 2.24) is 15.0 Å². The summed E-state index contributed by atoms with van der Waals surface area (Å²) in [6, 6.07) is 10.5. The van der Waals surface area contributed by atoms with Crippen LogP contribution in [0.2, 0.25) is 0 Å². The minimum Gasteiger partial charge on any atom is -0.444 e. The molecule has 2 amide bonds. The van der Waals surface area contributed by atoms with E-state index in [0.717, 1.165) is 48.9 Å². The lowest BCUT2D eigenvalue weighted by atomic mass is 9.71. The van der Waals surface area contributed by atoms with Crippen LogP contribution in [0.1, 0.15) is 103 Å². The van der Waals surface area contributed by atoms with Gasteiger partial charge >= 0.3 is 12.3 Å². The topological polar surface area (TPSA) is 79.1 Å². The molecule has 1 saturated carbocycles. The Balaban J connectivity index is 1.11. The van der Waals surface area contributed by atoms with Gasteiger partial charge in [-0.05, 0) is 107 Å². The molecular weight excluding hydrogens is 621 g/mol. The van der Waals surface area contributed by atoms with Gasteiger partial charge < -0.3 is 19.1 Å². The number of benzene rings is 2. The molecule has 0 bridgehead atoms. The molecule has 0 N–H and O–H groups in total. The van der Waals surface area contributed by atoms with Gasteiger partial charge in [0.2, 0.25) is 0 Å². The number of anilines is 1. The SMILES string of the molecule is Cc1conc1C(c1cccc(N2Cc3c(cc(CN4CC[C@]5(CCN(C(=O)OC(C)(C)C)C5)C4)cc3C(F)(F)F)C2=O)c1)C1CCC1. The van der Waals surface area contributed by atoms with E-state index in [2.05, 4.69) is 10.1 Å². The summed E-state index contributed by atoms with van der Waals surface area (Å²) in [4.78, 5) is 31.9. The molecule has 1 aliphatic carbocycles. The van der Waals surface area contributed by atoms with Crippen LogP contribution in [0.15, 0.2) is 47.2 Å². The van der Waals surface area contributed by atoms with Gasteiger partial charge in [-0.1, -0.05) is 23.7 Å². The first-order chi connectivity index (χ1) is 22.7. The largest absolute Gasteiger partial charge is 0.444 e. The van der Waals surface area contributed by atoms with E-state index in [1.165, 1.54) is 11.0 Å². The fourth-order valence-corrected chi connectivity index (χ4v) is 8.10. The van der Waals surface area contributed by atoms with Gasteiger partial charge in [0.15, 0.2) is 0 Å². The highest BCUT2D eigenvalue weighted by molar-refractivity contribution is 6.10. The molecule has 3 aromatic rings. The van der Waals surface area contributed by atoms with Gasteiger partial charge in [0.05, 0.1) is 17.8 Å². The maximum absolute atomic E-state index is 14.6. The van der Waals surface area contributed by atoms with Crippen molar-refractivity contribution in [3.05, 3.63) is 81.7 Å². The first kappa shape index (κ1) is 32.7. The van der Waals surface area contributed by atoms with Crippen LogP contribution in [-0.2, 0) is 24.0 Å². The number of carbonyl (C=O) groups is 2. The van der Waals surface area contributed by atoms with E-state index in [4.69, 9.17) is 9.26 Å². The van der Waals surface area contributed by atoms with Crippen LogP contribution < -0.4 is 4.90 Å². The number of nitrogens with zero attached hydrogens (tertiary/aromatic N) is 4. The predicted molar refractivity (Wildman–Crippen MR) is 174 cm³/mol.